The summed E-state index contributed by atoms with van der Waals surface area (Å²) in [5.41, 5.74) is -1.00. The normalized spacial score (nSPS) is 46.0. The van der Waals surface area contributed by atoms with Gasteiger partial charge in [-0.3, -0.25) is 10.1 Å². The second-order valence-corrected chi connectivity index (χ2v) is 14.6. The Bertz CT molecular complexity index is 841. The van der Waals surface area contributed by atoms with Gasteiger partial charge in [-0.2, -0.15) is 0 Å². The first-order chi connectivity index (χ1) is 15.6. The van der Waals surface area contributed by atoms with Crippen molar-refractivity contribution < 1.29 is 20.0 Å². The lowest BCUT2D eigenvalue weighted by Crippen LogP contribution is -2.63. The average Bonchev–Trinajstić information content (AvgIpc) is 3.10. The molecule has 194 valence electrons. The standard InChI is InChI=1S/C30H50O4/c1-25(2,34-33)15-9-16-30(8,32)21-12-18-28(6)20(21)10-11-23-27(5)17-14-24(31)26(3,4)22(27)13-19-29(23,28)7/h9,15,20-23,32-33H,10-14,16-19H2,1-8H3/b15-9+/t20-,21+,22-,23-,27+,28-,29-,30+/m1/s1. The molecule has 0 spiro atoms. The van der Waals surface area contributed by atoms with E-state index in [1.54, 1.807) is 0 Å². The number of ketones is 1. The summed E-state index contributed by atoms with van der Waals surface area (Å²) in [5.74, 6) is 2.42. The van der Waals surface area contributed by atoms with E-state index in [0.29, 0.717) is 30.0 Å². The summed E-state index contributed by atoms with van der Waals surface area (Å²) >= 11 is 0. The second-order valence-electron chi connectivity index (χ2n) is 14.6. The molecule has 2 N–H and O–H groups in total. The maximum absolute atomic E-state index is 12.9. The molecule has 0 amide bonds. The van der Waals surface area contributed by atoms with E-state index in [1.807, 2.05) is 32.9 Å². The molecule has 0 aliphatic heterocycles. The summed E-state index contributed by atoms with van der Waals surface area (Å²) in [6.07, 6.45) is 13.2. The number of fused-ring (bicyclic) bond motifs is 5. The van der Waals surface area contributed by atoms with Crippen LogP contribution in [0.2, 0.25) is 0 Å². The minimum absolute atomic E-state index is 0.202. The quantitative estimate of drug-likeness (QED) is 0.251. The first-order valence-corrected chi connectivity index (χ1v) is 13.8. The number of aliphatic hydroxyl groups is 1. The van der Waals surface area contributed by atoms with Gasteiger partial charge in [-0.05, 0) is 112 Å². The van der Waals surface area contributed by atoms with Gasteiger partial charge < -0.3 is 5.11 Å². The van der Waals surface area contributed by atoms with Gasteiger partial charge in [-0.1, -0.05) is 46.8 Å². The molecule has 0 saturated heterocycles. The number of carbonyl (C=O) groups is 1. The first-order valence-electron chi connectivity index (χ1n) is 13.8. The summed E-state index contributed by atoms with van der Waals surface area (Å²) in [7, 11) is 0. The predicted molar refractivity (Wildman–Crippen MR) is 136 cm³/mol. The molecule has 4 aliphatic rings. The first kappa shape index (κ1) is 26.4. The zero-order chi connectivity index (χ0) is 25.4. The molecule has 0 aromatic heterocycles. The van der Waals surface area contributed by atoms with Crippen molar-refractivity contribution in [3.63, 3.8) is 0 Å². The van der Waals surface area contributed by atoms with Crippen molar-refractivity contribution in [1.82, 2.24) is 0 Å². The van der Waals surface area contributed by atoms with Gasteiger partial charge in [-0.15, -0.1) is 0 Å². The molecular formula is C30H50O4. The van der Waals surface area contributed by atoms with Crippen molar-refractivity contribution in [2.45, 2.75) is 124 Å². The summed E-state index contributed by atoms with van der Waals surface area (Å²) < 4.78 is 0. The third-order valence-corrected chi connectivity index (χ3v) is 12.2. The molecule has 0 radical (unpaired) electrons. The lowest BCUT2D eigenvalue weighted by Gasteiger charge is -2.69. The Kier molecular flexibility index (Phi) is 6.32. The number of Topliss-reactive ketones (excluding diaryl/α,β-unsaturated/α-hetero) is 1. The fraction of sp³-hybridized carbons (Fsp3) is 0.900. The van der Waals surface area contributed by atoms with Gasteiger partial charge in [0.2, 0.25) is 0 Å². The Hall–Kier alpha value is -0.710. The molecule has 4 fully saturated rings. The third-order valence-electron chi connectivity index (χ3n) is 12.2. The SMILES string of the molecule is CC(C)(/C=C/C[C@](C)(O)[C@H]1CC[C@]2(C)[C@@H]1CC[C@@H]1[C@@]3(C)CCC(=O)C(C)(C)[C@H]3CC[C@]12C)OO. The molecule has 0 unspecified atom stereocenters. The van der Waals surface area contributed by atoms with Gasteiger partial charge in [0.05, 0.1) is 5.60 Å². The molecule has 4 nitrogen and oxygen atoms in total. The monoisotopic (exact) mass is 474 g/mol. The van der Waals surface area contributed by atoms with Gasteiger partial charge in [-0.25, -0.2) is 4.89 Å². The lowest BCUT2D eigenvalue weighted by atomic mass is 9.35. The highest BCUT2D eigenvalue weighted by atomic mass is 17.1. The number of hydrogen-bond acceptors (Lipinski definition) is 4. The van der Waals surface area contributed by atoms with E-state index in [2.05, 4.69) is 39.5 Å². The Morgan fingerprint density at radius 2 is 1.59 bits per heavy atom. The summed E-state index contributed by atoms with van der Waals surface area (Å²) in [6.45, 7) is 17.7. The fourth-order valence-corrected chi connectivity index (χ4v) is 10.1. The van der Waals surface area contributed by atoms with Crippen LogP contribution in [0, 0.1) is 45.3 Å². The van der Waals surface area contributed by atoms with Gasteiger partial charge in [0.1, 0.15) is 11.4 Å². The van der Waals surface area contributed by atoms with Crippen LogP contribution in [0.25, 0.3) is 0 Å². The molecule has 8 atom stereocenters. The molecule has 0 heterocycles. The van der Waals surface area contributed by atoms with Crippen molar-refractivity contribution in [2.75, 3.05) is 0 Å². The Morgan fingerprint density at radius 1 is 0.941 bits per heavy atom. The molecule has 4 saturated carbocycles. The van der Waals surface area contributed by atoms with Gasteiger partial charge in [0.15, 0.2) is 0 Å². The van der Waals surface area contributed by atoms with E-state index >= 15 is 0 Å². The second kappa shape index (κ2) is 8.15. The highest BCUT2D eigenvalue weighted by Gasteiger charge is 2.69. The van der Waals surface area contributed by atoms with Crippen molar-refractivity contribution >= 4 is 5.78 Å². The van der Waals surface area contributed by atoms with E-state index in [0.717, 1.165) is 25.7 Å². The van der Waals surface area contributed by atoms with Crippen molar-refractivity contribution in [1.29, 1.82) is 0 Å². The van der Waals surface area contributed by atoms with Crippen molar-refractivity contribution in [3.05, 3.63) is 12.2 Å². The maximum Gasteiger partial charge on any atom is 0.138 e. The summed E-state index contributed by atoms with van der Waals surface area (Å²) in [6, 6.07) is 0. The van der Waals surface area contributed by atoms with E-state index in [9.17, 15) is 9.90 Å². The summed E-state index contributed by atoms with van der Waals surface area (Å²) in [4.78, 5) is 17.4. The van der Waals surface area contributed by atoms with Crippen LogP contribution in [0.1, 0.15) is 113 Å². The number of rotatable bonds is 5. The molecule has 0 aromatic carbocycles. The largest absolute Gasteiger partial charge is 0.390 e. The van der Waals surface area contributed by atoms with Gasteiger partial charge >= 0.3 is 0 Å². The summed E-state index contributed by atoms with van der Waals surface area (Å²) in [5, 5.41) is 20.7. The average molecular weight is 475 g/mol. The topological polar surface area (TPSA) is 66.8 Å². The predicted octanol–water partition coefficient (Wildman–Crippen LogP) is 7.21. The minimum Gasteiger partial charge on any atom is -0.390 e. The molecule has 0 bridgehead atoms. The Labute approximate surface area is 207 Å². The highest BCUT2D eigenvalue weighted by molar-refractivity contribution is 5.85. The van der Waals surface area contributed by atoms with E-state index in [4.69, 9.17) is 5.26 Å². The van der Waals surface area contributed by atoms with E-state index in [1.165, 1.54) is 25.7 Å². The van der Waals surface area contributed by atoms with Crippen LogP contribution in [0.3, 0.4) is 0 Å². The minimum atomic E-state index is -0.770. The maximum atomic E-state index is 12.9. The fourth-order valence-electron chi connectivity index (χ4n) is 10.1. The van der Waals surface area contributed by atoms with Gasteiger partial charge in [0.25, 0.3) is 0 Å². The third kappa shape index (κ3) is 3.68. The zero-order valence-corrected chi connectivity index (χ0v) is 23.0. The molecule has 34 heavy (non-hydrogen) atoms. The molecule has 4 aliphatic carbocycles. The Balaban J connectivity index is 1.60. The molecule has 4 heteroatoms. The number of carbonyl (C=O) groups excluding carboxylic acids is 1. The Morgan fingerprint density at radius 3 is 2.24 bits per heavy atom. The van der Waals surface area contributed by atoms with Crippen molar-refractivity contribution in [3.8, 4) is 0 Å². The van der Waals surface area contributed by atoms with Gasteiger partial charge in [0, 0.05) is 11.8 Å². The highest BCUT2D eigenvalue weighted by Crippen LogP contribution is 2.75. The van der Waals surface area contributed by atoms with Crippen LogP contribution >= 0.6 is 0 Å². The zero-order valence-electron chi connectivity index (χ0n) is 23.0. The number of hydrogen-bond donors (Lipinski definition) is 2. The van der Waals surface area contributed by atoms with Crippen LogP contribution in [0.15, 0.2) is 12.2 Å². The van der Waals surface area contributed by atoms with Crippen LogP contribution in [0.5, 0.6) is 0 Å². The van der Waals surface area contributed by atoms with E-state index in [-0.39, 0.29) is 27.6 Å². The van der Waals surface area contributed by atoms with Crippen molar-refractivity contribution in [2.24, 2.45) is 45.3 Å². The lowest BCUT2D eigenvalue weighted by molar-refractivity contribution is -0.297. The van der Waals surface area contributed by atoms with Crippen LogP contribution in [0.4, 0.5) is 0 Å². The molecule has 4 rings (SSSR count). The molecular weight excluding hydrogens is 424 g/mol. The van der Waals surface area contributed by atoms with Crippen LogP contribution < -0.4 is 0 Å². The van der Waals surface area contributed by atoms with Crippen LogP contribution in [-0.2, 0) is 9.68 Å². The van der Waals surface area contributed by atoms with Crippen LogP contribution in [-0.4, -0.2) is 27.3 Å². The molecule has 0 aromatic rings. The van der Waals surface area contributed by atoms with E-state index < -0.39 is 11.2 Å². The smallest absolute Gasteiger partial charge is 0.138 e.